The van der Waals surface area contributed by atoms with E-state index in [1.165, 1.54) is 0 Å². The van der Waals surface area contributed by atoms with Crippen LogP contribution in [-0.2, 0) is 6.54 Å². The van der Waals surface area contributed by atoms with Crippen LogP contribution in [0.25, 0.3) is 11.0 Å². The van der Waals surface area contributed by atoms with Crippen molar-refractivity contribution >= 4 is 17.1 Å². The van der Waals surface area contributed by atoms with Crippen LogP contribution in [0.3, 0.4) is 0 Å². The zero-order valence-corrected chi connectivity index (χ0v) is 15.9. The summed E-state index contributed by atoms with van der Waals surface area (Å²) in [5.41, 5.74) is 3.65. The normalized spacial score (nSPS) is 16.3. The topological polar surface area (TPSA) is 94.1 Å². The number of carbonyl (C=O) groups is 1. The molecule has 2 aromatic heterocycles. The lowest BCUT2D eigenvalue weighted by molar-refractivity contribution is 0.0635. The summed E-state index contributed by atoms with van der Waals surface area (Å²) in [4.78, 5) is 26.2. The van der Waals surface area contributed by atoms with Crippen molar-refractivity contribution in [1.82, 2.24) is 25.2 Å². The number of H-pyrrole nitrogens is 1. The van der Waals surface area contributed by atoms with Crippen LogP contribution in [0.1, 0.15) is 36.0 Å². The van der Waals surface area contributed by atoms with E-state index in [4.69, 9.17) is 0 Å². The lowest BCUT2D eigenvalue weighted by Gasteiger charge is -2.34. The number of aliphatic hydroxyl groups is 1. The maximum Gasteiger partial charge on any atom is 0.317 e. The summed E-state index contributed by atoms with van der Waals surface area (Å²) in [5.74, 6) is 1.01. The standard InChI is InChI=1S/C21H25N5O2/c1-14-24-17-6-5-15(12-19(17)25-14)13-23-21(28)26-10-7-16(8-11-26)20(27)18-4-2-3-9-22-18/h2-6,9,12,16,20,27H,7-8,10-11,13H2,1H3,(H,23,28)(H,24,25)/t20-/m1/s1. The van der Waals surface area contributed by atoms with Crippen molar-refractivity contribution in [2.24, 2.45) is 5.92 Å². The number of hydrogen-bond donors (Lipinski definition) is 3. The molecule has 2 amide bonds. The molecule has 1 fully saturated rings. The number of aromatic amines is 1. The minimum Gasteiger partial charge on any atom is -0.387 e. The first-order chi connectivity index (χ1) is 13.6. The molecule has 146 valence electrons. The molecule has 4 rings (SSSR count). The molecule has 0 unspecified atom stereocenters. The highest BCUT2D eigenvalue weighted by molar-refractivity contribution is 5.77. The van der Waals surface area contributed by atoms with E-state index < -0.39 is 6.10 Å². The number of carbonyl (C=O) groups excluding carboxylic acids is 1. The minimum absolute atomic E-state index is 0.0633. The number of urea groups is 1. The second-order valence-corrected chi connectivity index (χ2v) is 7.36. The highest BCUT2D eigenvalue weighted by atomic mass is 16.3. The molecular formula is C21H25N5O2. The van der Waals surface area contributed by atoms with Crippen LogP contribution in [0, 0.1) is 12.8 Å². The van der Waals surface area contributed by atoms with Gasteiger partial charge < -0.3 is 20.3 Å². The maximum atomic E-state index is 12.5. The first-order valence-electron chi connectivity index (χ1n) is 9.67. The fraction of sp³-hybridized carbons (Fsp3) is 0.381. The van der Waals surface area contributed by atoms with Gasteiger partial charge in [0.05, 0.1) is 22.8 Å². The Morgan fingerprint density at radius 1 is 1.32 bits per heavy atom. The maximum absolute atomic E-state index is 12.5. The molecule has 3 N–H and O–H groups in total. The van der Waals surface area contributed by atoms with Crippen LogP contribution < -0.4 is 5.32 Å². The predicted molar refractivity (Wildman–Crippen MR) is 107 cm³/mol. The number of hydrogen-bond acceptors (Lipinski definition) is 4. The lowest BCUT2D eigenvalue weighted by atomic mass is 9.89. The van der Waals surface area contributed by atoms with Crippen molar-refractivity contribution in [3.8, 4) is 0 Å². The van der Waals surface area contributed by atoms with Crippen molar-refractivity contribution in [2.45, 2.75) is 32.4 Å². The molecule has 1 saturated heterocycles. The molecule has 0 aliphatic carbocycles. The van der Waals surface area contributed by atoms with Gasteiger partial charge in [0, 0.05) is 25.8 Å². The molecule has 1 aromatic carbocycles. The molecule has 0 spiro atoms. The monoisotopic (exact) mass is 379 g/mol. The number of fused-ring (bicyclic) bond motifs is 1. The summed E-state index contributed by atoms with van der Waals surface area (Å²) in [6.07, 6.45) is 2.66. The SMILES string of the molecule is Cc1nc2ccc(CNC(=O)N3CCC([C@@H](O)c4ccccn4)CC3)cc2[nH]1. The van der Waals surface area contributed by atoms with E-state index in [0.717, 1.165) is 35.3 Å². The number of piperidine rings is 1. The first kappa shape index (κ1) is 18.4. The van der Waals surface area contributed by atoms with Crippen LogP contribution in [0.4, 0.5) is 4.79 Å². The molecule has 3 heterocycles. The third-order valence-electron chi connectivity index (χ3n) is 5.37. The number of aryl methyl sites for hydroxylation is 1. The lowest BCUT2D eigenvalue weighted by Crippen LogP contribution is -2.45. The molecule has 28 heavy (non-hydrogen) atoms. The van der Waals surface area contributed by atoms with Gasteiger partial charge in [-0.3, -0.25) is 4.98 Å². The summed E-state index contributed by atoms with van der Waals surface area (Å²) < 4.78 is 0. The van der Waals surface area contributed by atoms with E-state index >= 15 is 0 Å². The molecule has 1 aliphatic heterocycles. The molecule has 1 atom stereocenters. The Bertz CT molecular complexity index is 948. The van der Waals surface area contributed by atoms with Crippen LogP contribution in [0.5, 0.6) is 0 Å². The highest BCUT2D eigenvalue weighted by Gasteiger charge is 2.28. The van der Waals surface area contributed by atoms with Gasteiger partial charge in [0.15, 0.2) is 0 Å². The van der Waals surface area contributed by atoms with Gasteiger partial charge in [-0.15, -0.1) is 0 Å². The van der Waals surface area contributed by atoms with E-state index in [9.17, 15) is 9.90 Å². The molecule has 0 saturated carbocycles. The van der Waals surface area contributed by atoms with Crippen LogP contribution >= 0.6 is 0 Å². The molecule has 0 bridgehead atoms. The Balaban J connectivity index is 1.29. The number of rotatable bonds is 4. The van der Waals surface area contributed by atoms with E-state index in [-0.39, 0.29) is 11.9 Å². The smallest absolute Gasteiger partial charge is 0.317 e. The zero-order chi connectivity index (χ0) is 19.5. The first-order valence-corrected chi connectivity index (χ1v) is 9.67. The van der Waals surface area contributed by atoms with Gasteiger partial charge in [0.25, 0.3) is 0 Å². The zero-order valence-electron chi connectivity index (χ0n) is 15.9. The second kappa shape index (κ2) is 7.98. The Labute approximate surface area is 163 Å². The number of amides is 2. The Kier molecular flexibility index (Phi) is 5.25. The second-order valence-electron chi connectivity index (χ2n) is 7.36. The number of imidazole rings is 1. The average Bonchev–Trinajstić information content (AvgIpc) is 3.11. The largest absolute Gasteiger partial charge is 0.387 e. The summed E-state index contributed by atoms with van der Waals surface area (Å²) in [7, 11) is 0. The van der Waals surface area contributed by atoms with Crippen molar-refractivity contribution in [3.63, 3.8) is 0 Å². The highest BCUT2D eigenvalue weighted by Crippen LogP contribution is 2.29. The van der Waals surface area contributed by atoms with Gasteiger partial charge in [-0.05, 0) is 55.5 Å². The number of benzene rings is 1. The van der Waals surface area contributed by atoms with E-state index in [0.29, 0.717) is 25.3 Å². The molecule has 0 radical (unpaired) electrons. The summed E-state index contributed by atoms with van der Waals surface area (Å²) in [6.45, 7) is 3.68. The third-order valence-corrected chi connectivity index (χ3v) is 5.37. The van der Waals surface area contributed by atoms with Crippen LogP contribution in [0.15, 0.2) is 42.6 Å². The van der Waals surface area contributed by atoms with Crippen molar-refractivity contribution < 1.29 is 9.90 Å². The van der Waals surface area contributed by atoms with Gasteiger partial charge in [0.1, 0.15) is 5.82 Å². The summed E-state index contributed by atoms with van der Waals surface area (Å²) in [5, 5.41) is 13.5. The molecule has 3 aromatic rings. The third kappa shape index (κ3) is 3.99. The average molecular weight is 379 g/mol. The molecule has 7 nitrogen and oxygen atoms in total. The van der Waals surface area contributed by atoms with Gasteiger partial charge in [-0.25, -0.2) is 9.78 Å². The van der Waals surface area contributed by atoms with Crippen LogP contribution in [0.2, 0.25) is 0 Å². The van der Waals surface area contributed by atoms with E-state index in [1.807, 2.05) is 48.2 Å². The number of likely N-dealkylation sites (tertiary alicyclic amines) is 1. The van der Waals surface area contributed by atoms with E-state index in [2.05, 4.69) is 20.3 Å². The van der Waals surface area contributed by atoms with Crippen LogP contribution in [-0.4, -0.2) is 44.1 Å². The number of aromatic nitrogens is 3. The van der Waals surface area contributed by atoms with Gasteiger partial charge in [-0.2, -0.15) is 0 Å². The quantitative estimate of drug-likeness (QED) is 0.650. The van der Waals surface area contributed by atoms with Crippen molar-refractivity contribution in [2.75, 3.05) is 13.1 Å². The molecule has 7 heteroatoms. The number of pyridine rings is 1. The Morgan fingerprint density at radius 2 is 2.14 bits per heavy atom. The fourth-order valence-electron chi connectivity index (χ4n) is 3.79. The summed E-state index contributed by atoms with van der Waals surface area (Å²) in [6, 6.07) is 11.5. The fourth-order valence-corrected chi connectivity index (χ4v) is 3.79. The number of nitrogens with one attached hydrogen (secondary N) is 2. The number of aliphatic hydroxyl groups excluding tert-OH is 1. The minimum atomic E-state index is -0.573. The van der Waals surface area contributed by atoms with Gasteiger partial charge in [-0.1, -0.05) is 12.1 Å². The summed E-state index contributed by atoms with van der Waals surface area (Å²) >= 11 is 0. The van der Waals surface area contributed by atoms with Crippen molar-refractivity contribution in [1.29, 1.82) is 0 Å². The predicted octanol–water partition coefficient (Wildman–Crippen LogP) is 2.92. The van der Waals surface area contributed by atoms with Crippen molar-refractivity contribution in [3.05, 3.63) is 59.7 Å². The molecular weight excluding hydrogens is 354 g/mol. The Morgan fingerprint density at radius 3 is 2.89 bits per heavy atom. The van der Waals surface area contributed by atoms with E-state index in [1.54, 1.807) is 6.20 Å². The van der Waals surface area contributed by atoms with Gasteiger partial charge in [0.2, 0.25) is 0 Å². The molecule has 1 aliphatic rings. The number of nitrogens with zero attached hydrogens (tertiary/aromatic N) is 3. The Hall–Kier alpha value is -2.93. The van der Waals surface area contributed by atoms with Gasteiger partial charge >= 0.3 is 6.03 Å².